The van der Waals surface area contributed by atoms with Gasteiger partial charge in [0.1, 0.15) is 17.7 Å². The van der Waals surface area contributed by atoms with Crippen molar-refractivity contribution in [2.24, 2.45) is 17.3 Å². The van der Waals surface area contributed by atoms with Gasteiger partial charge in [0.15, 0.2) is 11.6 Å². The van der Waals surface area contributed by atoms with Crippen LogP contribution < -0.4 is 31.9 Å². The first-order valence-corrected chi connectivity index (χ1v) is 22.5. The van der Waals surface area contributed by atoms with Gasteiger partial charge in [0, 0.05) is 76.1 Å². The largest absolute Gasteiger partial charge is 0.381 e. The number of amides is 2. The third-order valence-electron chi connectivity index (χ3n) is 12.5. The van der Waals surface area contributed by atoms with Crippen LogP contribution in [0.25, 0.3) is 22.5 Å². The second kappa shape index (κ2) is 21.0. The fourth-order valence-corrected chi connectivity index (χ4v) is 8.91. The maximum Gasteiger partial charge on any atom is 0.256 e. The third kappa shape index (κ3) is 11.2. The molecule has 342 valence electrons. The van der Waals surface area contributed by atoms with E-state index >= 15 is 4.39 Å². The highest BCUT2D eigenvalue weighted by Crippen LogP contribution is 2.39. The van der Waals surface area contributed by atoms with Crippen molar-refractivity contribution in [3.05, 3.63) is 58.9 Å². The summed E-state index contributed by atoms with van der Waals surface area (Å²) < 4.78 is 48.0. The summed E-state index contributed by atoms with van der Waals surface area (Å²) in [4.78, 5) is 52.0. The Bertz CT molecular complexity index is 2290. The highest BCUT2D eigenvalue weighted by molar-refractivity contribution is 6.33. The lowest BCUT2D eigenvalue weighted by Crippen LogP contribution is -2.56. The van der Waals surface area contributed by atoms with E-state index in [0.29, 0.717) is 93.1 Å². The van der Waals surface area contributed by atoms with Crippen molar-refractivity contribution >= 4 is 58.3 Å². The molecule has 3 unspecified atom stereocenters. The molecule has 8 rings (SSSR count). The lowest BCUT2D eigenvalue weighted by atomic mass is 9.74. The molecule has 17 nitrogen and oxygen atoms in total. The molecule has 0 spiro atoms. The number of aromatic nitrogens is 6. The van der Waals surface area contributed by atoms with Crippen LogP contribution in [0.4, 0.5) is 32.1 Å². The van der Waals surface area contributed by atoms with Gasteiger partial charge >= 0.3 is 0 Å². The van der Waals surface area contributed by atoms with E-state index in [-0.39, 0.29) is 57.4 Å². The molecular formula is C43H52Cl2F2N12O5. The van der Waals surface area contributed by atoms with E-state index in [1.807, 2.05) is 0 Å². The minimum absolute atomic E-state index is 0.00887. The van der Waals surface area contributed by atoms with Crippen LogP contribution in [0, 0.1) is 29.1 Å². The molecular weight excluding hydrogens is 873 g/mol. The Morgan fingerprint density at radius 1 is 0.797 bits per heavy atom. The lowest BCUT2D eigenvalue weighted by molar-refractivity contribution is -0.160. The molecule has 0 bridgehead atoms. The minimum atomic E-state index is -0.879. The predicted octanol–water partition coefficient (Wildman–Crippen LogP) is 5.74. The number of nitrogens with zero attached hydrogens (tertiary/aromatic N) is 6. The van der Waals surface area contributed by atoms with Gasteiger partial charge in [0.25, 0.3) is 17.8 Å². The molecule has 0 aliphatic carbocycles. The number of pyridine rings is 2. The smallest absolute Gasteiger partial charge is 0.256 e. The number of piperidine rings is 1. The summed E-state index contributed by atoms with van der Waals surface area (Å²) in [5.41, 5.74) is 1.14. The number of nitrogens with one attached hydrogen (secondary N) is 6. The second-order valence-corrected chi connectivity index (χ2v) is 17.6. The SMILES string of the molecule is CCC1(CNc2nc(-c3cc(NC(=O)[C@@H]4CCCNC4)ncc3Cl)cnc2F)CCOC(C2CNC[C@H](C(=O)Nc3cc(-c4cnc(F)c(NCC5CCOCC5)n4)c(Cl)cn3)O2)C1. The second-order valence-electron chi connectivity index (χ2n) is 16.7. The van der Waals surface area contributed by atoms with Crippen LogP contribution in [0.1, 0.15) is 51.9 Å². The van der Waals surface area contributed by atoms with Gasteiger partial charge in [-0.15, -0.1) is 0 Å². The number of hydrogen-bond acceptors (Lipinski definition) is 15. The van der Waals surface area contributed by atoms with Crippen molar-refractivity contribution < 1.29 is 32.6 Å². The number of morpholine rings is 1. The number of anilines is 4. The highest BCUT2D eigenvalue weighted by atomic mass is 35.5. The Morgan fingerprint density at radius 3 is 2.09 bits per heavy atom. The summed E-state index contributed by atoms with van der Waals surface area (Å²) in [6.07, 6.45) is 9.11. The van der Waals surface area contributed by atoms with Gasteiger partial charge in [-0.05, 0) is 75.0 Å². The first-order valence-electron chi connectivity index (χ1n) is 21.8. The molecule has 4 saturated heterocycles. The maximum atomic E-state index is 15.2. The summed E-state index contributed by atoms with van der Waals surface area (Å²) in [7, 11) is 0. The van der Waals surface area contributed by atoms with Crippen LogP contribution in [0.5, 0.6) is 0 Å². The van der Waals surface area contributed by atoms with Crippen LogP contribution >= 0.6 is 23.2 Å². The normalized spacial score (nSPS) is 24.1. The summed E-state index contributed by atoms with van der Waals surface area (Å²) in [5.74, 6) is -1.43. The van der Waals surface area contributed by atoms with Crippen LogP contribution in [0.3, 0.4) is 0 Å². The molecule has 4 aromatic heterocycles. The van der Waals surface area contributed by atoms with Crippen molar-refractivity contribution in [1.82, 2.24) is 40.5 Å². The number of rotatable bonds is 14. The van der Waals surface area contributed by atoms with Crippen molar-refractivity contribution in [3.8, 4) is 22.5 Å². The zero-order valence-corrected chi connectivity index (χ0v) is 36.9. The molecule has 5 atom stereocenters. The molecule has 4 aromatic rings. The monoisotopic (exact) mass is 924 g/mol. The fraction of sp³-hybridized carbons (Fsp3) is 0.535. The quantitative estimate of drug-likeness (QED) is 0.0892. The Morgan fingerprint density at radius 2 is 1.45 bits per heavy atom. The predicted molar refractivity (Wildman–Crippen MR) is 237 cm³/mol. The van der Waals surface area contributed by atoms with Crippen molar-refractivity contribution in [1.29, 1.82) is 0 Å². The Hall–Kier alpha value is -4.76. The van der Waals surface area contributed by atoms with E-state index < -0.39 is 30.0 Å². The molecule has 4 aliphatic rings. The van der Waals surface area contributed by atoms with Gasteiger partial charge < -0.3 is 46.1 Å². The summed E-state index contributed by atoms with van der Waals surface area (Å²) in [6.45, 7) is 6.92. The van der Waals surface area contributed by atoms with E-state index in [4.69, 9.17) is 37.4 Å². The summed E-state index contributed by atoms with van der Waals surface area (Å²) in [5, 5.41) is 19.0. The van der Waals surface area contributed by atoms with Gasteiger partial charge in [0.2, 0.25) is 5.91 Å². The molecule has 6 N–H and O–H groups in total. The van der Waals surface area contributed by atoms with E-state index in [1.165, 1.54) is 24.8 Å². The number of ether oxygens (including phenoxy) is 3. The molecule has 8 heterocycles. The van der Waals surface area contributed by atoms with Crippen molar-refractivity contribution in [2.75, 3.05) is 80.4 Å². The molecule has 0 saturated carbocycles. The molecule has 2 amide bonds. The number of halogens is 4. The van der Waals surface area contributed by atoms with E-state index in [0.717, 1.165) is 38.6 Å². The minimum Gasteiger partial charge on any atom is -0.381 e. The standard InChI is InChI=1S/C43H52Cl2F2N12O5/c1-2-43(23-55-40-38(47)53-20-31(57-40)26-12-35(50-17-28(26)44)58-41(60)25-4-3-8-48-16-25)7-11-63-32(14-43)33-21-49-22-34(64-33)42(61)59-36-13-27(29(45)18-51-36)30-19-52-37(46)39(56-30)54-15-24-5-9-62-10-6-24/h12-13,17-20,24-25,32-34,48-49H,2-11,14-16,21-23H2,1H3,(H,54,56)(H,55,57)(H,50,58,60)(H,51,59,61)/t25-,32?,33?,34-,43?/m1/s1. The van der Waals surface area contributed by atoms with Gasteiger partial charge in [-0.1, -0.05) is 30.1 Å². The summed E-state index contributed by atoms with van der Waals surface area (Å²) >= 11 is 13.1. The topological polar surface area (TPSA) is 211 Å². The van der Waals surface area contributed by atoms with Gasteiger partial charge in [-0.3, -0.25) is 9.59 Å². The van der Waals surface area contributed by atoms with E-state index in [1.54, 1.807) is 12.1 Å². The first kappa shape index (κ1) is 45.8. The average molecular weight is 926 g/mol. The van der Waals surface area contributed by atoms with Gasteiger partial charge in [0.05, 0.1) is 52.0 Å². The van der Waals surface area contributed by atoms with Crippen molar-refractivity contribution in [2.45, 2.75) is 70.2 Å². The highest BCUT2D eigenvalue weighted by Gasteiger charge is 2.42. The average Bonchev–Trinajstić information content (AvgIpc) is 3.33. The third-order valence-corrected chi connectivity index (χ3v) is 13.1. The molecule has 0 radical (unpaired) electrons. The molecule has 21 heteroatoms. The van der Waals surface area contributed by atoms with Crippen LogP contribution in [-0.4, -0.2) is 119 Å². The molecule has 0 aromatic carbocycles. The Labute approximate surface area is 379 Å². The van der Waals surface area contributed by atoms with Gasteiger partial charge in [-0.2, -0.15) is 8.78 Å². The van der Waals surface area contributed by atoms with Crippen molar-refractivity contribution in [3.63, 3.8) is 0 Å². The number of carbonyl (C=O) groups is 2. The fourth-order valence-electron chi connectivity index (χ4n) is 8.51. The van der Waals surface area contributed by atoms with Crippen LogP contribution in [-0.2, 0) is 23.8 Å². The Balaban J connectivity index is 0.885. The lowest BCUT2D eigenvalue weighted by Gasteiger charge is -2.44. The maximum absolute atomic E-state index is 15.2. The van der Waals surface area contributed by atoms with Crippen LogP contribution in [0.15, 0.2) is 36.9 Å². The molecule has 4 fully saturated rings. The zero-order chi connectivity index (χ0) is 44.6. The Kier molecular flexibility index (Phi) is 15.1. The van der Waals surface area contributed by atoms with Gasteiger partial charge in [-0.25, -0.2) is 29.9 Å². The molecule has 64 heavy (non-hydrogen) atoms. The first-order chi connectivity index (χ1) is 31.1. The van der Waals surface area contributed by atoms with Crippen LogP contribution in [0.2, 0.25) is 10.0 Å². The number of hydrogen-bond donors (Lipinski definition) is 6. The zero-order valence-electron chi connectivity index (χ0n) is 35.4. The van der Waals surface area contributed by atoms with E-state index in [2.05, 4.69) is 68.7 Å². The molecule has 4 aliphatic heterocycles. The summed E-state index contributed by atoms with van der Waals surface area (Å²) in [6, 6.07) is 3.17. The number of carbonyl (C=O) groups excluding carboxylic acids is 2. The van der Waals surface area contributed by atoms with E-state index in [9.17, 15) is 14.0 Å².